The average molecular weight is 193 g/mol. The molecule has 0 aliphatic heterocycles. The summed E-state index contributed by atoms with van der Waals surface area (Å²) >= 11 is 0. The van der Waals surface area contributed by atoms with Crippen LogP contribution in [0.3, 0.4) is 0 Å². The van der Waals surface area contributed by atoms with Gasteiger partial charge in [-0.3, -0.25) is 0 Å². The van der Waals surface area contributed by atoms with Crippen LogP contribution in [0.15, 0.2) is 0 Å². The van der Waals surface area contributed by atoms with Gasteiger partial charge in [-0.15, -0.1) is 4.99 Å². The van der Waals surface area contributed by atoms with Crippen molar-refractivity contribution in [1.29, 1.82) is 0 Å². The molecular weight excluding hydrogens is 190 g/mol. The van der Waals surface area contributed by atoms with Crippen molar-refractivity contribution in [3.8, 4) is 0 Å². The molecule has 74 valence electrons. The van der Waals surface area contributed by atoms with Gasteiger partial charge in [-0.1, -0.05) is 0 Å². The molecule has 0 aromatic rings. The molecule has 0 atom stereocenters. The first-order chi connectivity index (χ1) is 5.91. The summed E-state index contributed by atoms with van der Waals surface area (Å²) in [6.45, 7) is 0. The van der Waals surface area contributed by atoms with Gasteiger partial charge in [0, 0.05) is 0 Å². The van der Waals surface area contributed by atoms with E-state index in [0.29, 0.717) is 0 Å². The van der Waals surface area contributed by atoms with Crippen molar-refractivity contribution in [2.45, 2.75) is 0 Å². The molecule has 0 aliphatic rings. The number of hydrogen-bond acceptors (Lipinski definition) is 12. The molecule has 0 saturated carbocycles. The van der Waals surface area contributed by atoms with Crippen LogP contribution in [0.1, 0.15) is 0 Å². The second-order valence-corrected chi connectivity index (χ2v) is 0.715. The Morgan fingerprint density at radius 2 is 1.08 bits per heavy atom. The topological polar surface area (TPSA) is 139 Å². The van der Waals surface area contributed by atoms with E-state index in [1.165, 1.54) is 0 Å². The Morgan fingerprint density at radius 3 is 1.50 bits per heavy atom. The first-order valence-corrected chi connectivity index (χ1v) is 1.92. The van der Waals surface area contributed by atoms with Crippen molar-refractivity contribution >= 4 is 0 Å². The zero-order chi connectivity index (χ0) is 9.07. The first kappa shape index (κ1) is 11.5. The van der Waals surface area contributed by atoms with E-state index in [4.69, 9.17) is 5.26 Å². The number of nitrogens with two attached hydrogens (primary N) is 1. The first-order valence-electron chi connectivity index (χ1n) is 1.92. The summed E-state index contributed by atoms with van der Waals surface area (Å²) in [7, 11) is 0. The molecule has 0 aromatic carbocycles. The largest absolute Gasteiger partial charge is 0.219 e. The molecule has 12 heteroatoms. The van der Waals surface area contributed by atoms with Crippen molar-refractivity contribution in [2.24, 2.45) is 5.90 Å². The maximum atomic E-state index is 7.41. The molecule has 0 bridgehead atoms. The second kappa shape index (κ2) is 10.5. The van der Waals surface area contributed by atoms with E-state index in [-0.39, 0.29) is 0 Å². The Hall–Kier alpha value is -0.480. The van der Waals surface area contributed by atoms with Crippen LogP contribution in [0.4, 0.5) is 0 Å². The standard InChI is InChI=1S/H3NO11/c1-3-5-7-9-11-12-10-8-6-4-2/h2H,1H2. The summed E-state index contributed by atoms with van der Waals surface area (Å²) < 4.78 is 0. The third kappa shape index (κ3) is 9.52. The third-order valence-electron chi connectivity index (χ3n) is 0.264. The highest BCUT2D eigenvalue weighted by atomic mass is 17.9. The van der Waals surface area contributed by atoms with Crippen LogP contribution in [-0.4, -0.2) is 5.26 Å². The average Bonchev–Trinajstić information content (AvgIpc) is 2.10. The lowest BCUT2D eigenvalue weighted by atomic mass is 13.5. The van der Waals surface area contributed by atoms with Crippen LogP contribution in [0.2, 0.25) is 0 Å². The summed E-state index contributed by atoms with van der Waals surface area (Å²) in [5, 5.41) is 37.4. The smallest absolute Gasteiger partial charge is 0.0000000133 e. The number of rotatable bonds is 9. The van der Waals surface area contributed by atoms with E-state index < -0.39 is 0 Å². The molecule has 12 nitrogen and oxygen atoms in total. The Morgan fingerprint density at radius 1 is 0.667 bits per heavy atom. The molecule has 0 spiro atoms. The van der Waals surface area contributed by atoms with Gasteiger partial charge in [0.05, 0.1) is 0 Å². The van der Waals surface area contributed by atoms with Gasteiger partial charge in [0.15, 0.2) is 0 Å². The van der Waals surface area contributed by atoms with Crippen molar-refractivity contribution in [3.63, 3.8) is 0 Å². The van der Waals surface area contributed by atoms with Gasteiger partial charge < -0.3 is 0 Å². The molecule has 0 rings (SSSR count). The van der Waals surface area contributed by atoms with E-state index in [1.54, 1.807) is 0 Å². The fourth-order valence-electron chi connectivity index (χ4n) is 0.0965. The molecule has 0 heterocycles. The molecule has 3 N–H and O–H groups in total. The van der Waals surface area contributed by atoms with Crippen LogP contribution in [-0.2, 0) is 50.3 Å². The zero-order valence-electron chi connectivity index (χ0n) is 5.11. The van der Waals surface area contributed by atoms with Crippen molar-refractivity contribution in [2.75, 3.05) is 0 Å². The van der Waals surface area contributed by atoms with Crippen LogP contribution in [0.25, 0.3) is 0 Å². The van der Waals surface area contributed by atoms with Gasteiger partial charge >= 0.3 is 0 Å². The molecule has 0 amide bonds. The summed E-state index contributed by atoms with van der Waals surface area (Å²) in [4.78, 5) is 3.35. The van der Waals surface area contributed by atoms with E-state index in [2.05, 4.69) is 56.2 Å². The molecule has 0 saturated heterocycles. The van der Waals surface area contributed by atoms with Gasteiger partial charge in [0.25, 0.3) is 0 Å². The predicted molar refractivity (Wildman–Crippen MR) is 17.7 cm³/mol. The van der Waals surface area contributed by atoms with Crippen molar-refractivity contribution < 1.29 is 55.6 Å². The van der Waals surface area contributed by atoms with Gasteiger partial charge in [-0.05, 0) is 45.3 Å². The summed E-state index contributed by atoms with van der Waals surface area (Å²) in [5.41, 5.74) is 0. The lowest BCUT2D eigenvalue weighted by Gasteiger charge is -1.95. The molecule has 0 radical (unpaired) electrons. The predicted octanol–water partition coefficient (Wildman–Crippen LogP) is -1.27. The maximum Gasteiger partial charge on any atom is -0.0000000133 e. The minimum absolute atomic E-state index is 2.87. The van der Waals surface area contributed by atoms with E-state index in [9.17, 15) is 0 Å². The van der Waals surface area contributed by atoms with Gasteiger partial charge in [-0.2, -0.15) is 5.90 Å². The second-order valence-electron chi connectivity index (χ2n) is 0.715. The SMILES string of the molecule is NOOOOOOOOOOO. The fourth-order valence-corrected chi connectivity index (χ4v) is 0.0965. The minimum Gasteiger partial charge on any atom is -0.219 e. The summed E-state index contributed by atoms with van der Waals surface area (Å²) in [6.07, 6.45) is 0. The monoisotopic (exact) mass is 193 g/mol. The molecule has 0 unspecified atom stereocenters. The van der Waals surface area contributed by atoms with E-state index in [0.717, 1.165) is 0 Å². The summed E-state index contributed by atoms with van der Waals surface area (Å²) in [6, 6.07) is 0. The lowest BCUT2D eigenvalue weighted by molar-refractivity contribution is -0.854. The minimum atomic E-state index is 2.87. The normalized spacial score (nSPS) is 10.5. The van der Waals surface area contributed by atoms with Crippen molar-refractivity contribution in [1.82, 2.24) is 0 Å². The van der Waals surface area contributed by atoms with Crippen LogP contribution >= 0.6 is 0 Å². The quantitative estimate of drug-likeness (QED) is 0.256. The zero-order valence-corrected chi connectivity index (χ0v) is 5.11. The number of hydrogen-bond donors (Lipinski definition) is 2. The Bertz CT molecular complexity index is 61.4. The van der Waals surface area contributed by atoms with Crippen LogP contribution in [0.5, 0.6) is 0 Å². The highest BCUT2D eigenvalue weighted by molar-refractivity contribution is 3.12. The molecular formula is H3NO11. The maximum absolute atomic E-state index is 7.41. The molecule has 0 aliphatic carbocycles. The van der Waals surface area contributed by atoms with Crippen molar-refractivity contribution in [3.05, 3.63) is 0 Å². The lowest BCUT2D eigenvalue weighted by Crippen LogP contribution is -2.05. The van der Waals surface area contributed by atoms with E-state index in [1.807, 2.05) is 0 Å². The van der Waals surface area contributed by atoms with Gasteiger partial charge in [0.2, 0.25) is 0 Å². The van der Waals surface area contributed by atoms with E-state index >= 15 is 0 Å². The van der Waals surface area contributed by atoms with Crippen LogP contribution in [0, 0.1) is 0 Å². The highest BCUT2D eigenvalue weighted by Gasteiger charge is 1.94. The molecule has 0 fully saturated rings. The molecule has 0 aromatic heterocycles. The van der Waals surface area contributed by atoms with Gasteiger partial charge in [0.1, 0.15) is 0 Å². The third-order valence-corrected chi connectivity index (χ3v) is 0.264. The molecule has 12 heavy (non-hydrogen) atoms. The Labute approximate surface area is 62.9 Å². The fraction of sp³-hybridized carbons (Fsp3) is 0. The Kier molecular flexibility index (Phi) is 10.1. The summed E-state index contributed by atoms with van der Waals surface area (Å²) in [5.74, 6) is 4.27. The highest BCUT2D eigenvalue weighted by Crippen LogP contribution is 1.87. The van der Waals surface area contributed by atoms with Crippen LogP contribution < -0.4 is 5.90 Å². The van der Waals surface area contributed by atoms with Gasteiger partial charge in [-0.25, -0.2) is 5.26 Å². The Balaban J connectivity index is 2.73.